The maximum atomic E-state index is 12.2. The molecule has 0 saturated carbocycles. The Kier molecular flexibility index (Phi) is 6.28. The summed E-state index contributed by atoms with van der Waals surface area (Å²) in [4.78, 5) is 21.1. The van der Waals surface area contributed by atoms with Crippen molar-refractivity contribution in [2.24, 2.45) is 0 Å². The molecule has 0 bridgehead atoms. The lowest BCUT2D eigenvalue weighted by molar-refractivity contribution is 0.185. The second-order valence-electron chi connectivity index (χ2n) is 7.33. The Morgan fingerprint density at radius 3 is 2.81 bits per heavy atom. The van der Waals surface area contributed by atoms with Gasteiger partial charge in [0.1, 0.15) is 5.52 Å². The molecule has 0 saturated heterocycles. The number of nitrogen functional groups attached to an aromatic ring is 1. The lowest BCUT2D eigenvalue weighted by atomic mass is 10.2. The van der Waals surface area contributed by atoms with Crippen LogP contribution in [-0.2, 0) is 17.9 Å². The Hall–Kier alpha value is -3.65. The molecule has 0 unspecified atom stereocenters. The number of nitrogens with one attached hydrogen (secondary N) is 2. The van der Waals surface area contributed by atoms with Gasteiger partial charge in [0.15, 0.2) is 5.82 Å². The number of methoxy groups -OCH3 is 1. The predicted molar refractivity (Wildman–Crippen MR) is 123 cm³/mol. The van der Waals surface area contributed by atoms with E-state index in [-0.39, 0.29) is 6.03 Å². The van der Waals surface area contributed by atoms with Gasteiger partial charge in [0.05, 0.1) is 24.0 Å². The van der Waals surface area contributed by atoms with Crippen LogP contribution in [0.25, 0.3) is 21.9 Å². The van der Waals surface area contributed by atoms with Crippen LogP contribution in [0.15, 0.2) is 54.9 Å². The topological polar surface area (TPSA) is 107 Å². The van der Waals surface area contributed by atoms with Gasteiger partial charge in [-0.05, 0) is 25.0 Å². The molecule has 4 rings (SSSR count). The number of hydrogen-bond donors (Lipinski definition) is 3. The second-order valence-corrected chi connectivity index (χ2v) is 7.33. The number of carbonyl (C=O) groups is 1. The van der Waals surface area contributed by atoms with Crippen molar-refractivity contribution >= 4 is 39.5 Å². The highest BCUT2D eigenvalue weighted by molar-refractivity contribution is 6.06. The Bertz CT molecular complexity index is 1200. The zero-order valence-corrected chi connectivity index (χ0v) is 17.5. The molecule has 0 atom stereocenters. The minimum Gasteiger partial charge on any atom is -0.382 e. The number of unbranched alkanes of at least 4 members (excludes halogenated alkanes) is 1. The van der Waals surface area contributed by atoms with E-state index in [1.54, 1.807) is 7.11 Å². The molecule has 0 fully saturated rings. The van der Waals surface area contributed by atoms with Crippen molar-refractivity contribution in [3.05, 3.63) is 60.4 Å². The molecule has 2 heterocycles. The number of urea groups is 1. The molecule has 4 aromatic rings. The van der Waals surface area contributed by atoms with E-state index in [0.717, 1.165) is 52.6 Å². The van der Waals surface area contributed by atoms with Crippen LogP contribution in [0, 0.1) is 0 Å². The molecule has 0 spiro atoms. The molecule has 0 aliphatic heterocycles. The van der Waals surface area contributed by atoms with E-state index in [1.165, 1.54) is 0 Å². The summed E-state index contributed by atoms with van der Waals surface area (Å²) >= 11 is 0. The summed E-state index contributed by atoms with van der Waals surface area (Å²) in [7, 11) is 1.63. The third-order valence-corrected chi connectivity index (χ3v) is 5.16. The molecule has 2 aromatic heterocycles. The minimum atomic E-state index is -0.221. The first-order valence-corrected chi connectivity index (χ1v) is 10.3. The number of para-hydroxylation sites is 2. The number of amides is 2. The lowest BCUT2D eigenvalue weighted by Gasteiger charge is -2.12. The van der Waals surface area contributed by atoms with Crippen molar-refractivity contribution in [3.8, 4) is 0 Å². The van der Waals surface area contributed by atoms with Gasteiger partial charge in [0, 0.05) is 36.8 Å². The maximum absolute atomic E-state index is 12.2. The van der Waals surface area contributed by atoms with E-state index in [1.807, 2.05) is 54.9 Å². The smallest absolute Gasteiger partial charge is 0.319 e. The average Bonchev–Trinajstić information content (AvgIpc) is 3.20. The summed E-state index contributed by atoms with van der Waals surface area (Å²) in [6.07, 6.45) is 3.54. The van der Waals surface area contributed by atoms with Crippen LogP contribution in [0.2, 0.25) is 0 Å². The number of benzene rings is 2. The Morgan fingerprint density at radius 2 is 1.94 bits per heavy atom. The highest BCUT2D eigenvalue weighted by atomic mass is 16.5. The van der Waals surface area contributed by atoms with Crippen molar-refractivity contribution in [2.45, 2.75) is 26.0 Å². The van der Waals surface area contributed by atoms with Crippen molar-refractivity contribution in [2.75, 3.05) is 24.7 Å². The van der Waals surface area contributed by atoms with E-state index >= 15 is 0 Å². The summed E-state index contributed by atoms with van der Waals surface area (Å²) in [5.74, 6) is 0.444. The Morgan fingerprint density at radius 1 is 1.13 bits per heavy atom. The Labute approximate surface area is 180 Å². The average molecular weight is 419 g/mol. The third kappa shape index (κ3) is 4.59. The van der Waals surface area contributed by atoms with Crippen LogP contribution in [0.3, 0.4) is 0 Å². The van der Waals surface area contributed by atoms with Gasteiger partial charge in [-0.2, -0.15) is 0 Å². The first kappa shape index (κ1) is 20.6. The summed E-state index contributed by atoms with van der Waals surface area (Å²) in [6.45, 7) is 1.81. The van der Waals surface area contributed by atoms with E-state index in [0.29, 0.717) is 19.0 Å². The number of ether oxygens (including phenoxy) is 1. The number of rotatable bonds is 8. The summed E-state index contributed by atoms with van der Waals surface area (Å²) in [6, 6.07) is 15.3. The highest BCUT2D eigenvalue weighted by Crippen LogP contribution is 2.27. The van der Waals surface area contributed by atoms with Crippen molar-refractivity contribution in [3.63, 3.8) is 0 Å². The maximum Gasteiger partial charge on any atom is 0.319 e. The number of nitrogens with two attached hydrogens (primary N) is 1. The summed E-state index contributed by atoms with van der Waals surface area (Å²) in [5, 5.41) is 6.83. The number of imidazole rings is 1. The van der Waals surface area contributed by atoms with Crippen LogP contribution in [0.1, 0.15) is 18.4 Å². The molecule has 4 N–H and O–H groups in total. The van der Waals surface area contributed by atoms with Crippen molar-refractivity contribution < 1.29 is 9.53 Å². The fourth-order valence-electron chi connectivity index (χ4n) is 3.67. The molecule has 0 aliphatic carbocycles. The predicted octanol–water partition coefficient (Wildman–Crippen LogP) is 3.92. The number of carbonyl (C=O) groups excluding carboxylic acids is 1. The third-order valence-electron chi connectivity index (χ3n) is 5.16. The number of aryl methyl sites for hydroxylation is 1. The number of nitrogens with zero attached hydrogens (tertiary/aromatic N) is 3. The largest absolute Gasteiger partial charge is 0.382 e. The molecule has 160 valence electrons. The molecule has 2 amide bonds. The quantitative estimate of drug-likeness (QED) is 0.376. The van der Waals surface area contributed by atoms with E-state index < -0.39 is 0 Å². The molecular weight excluding hydrogens is 392 g/mol. The monoisotopic (exact) mass is 418 g/mol. The first-order chi connectivity index (χ1) is 15.2. The van der Waals surface area contributed by atoms with Gasteiger partial charge >= 0.3 is 6.03 Å². The van der Waals surface area contributed by atoms with E-state index in [9.17, 15) is 4.79 Å². The number of fused-ring (bicyclic) bond motifs is 3. The van der Waals surface area contributed by atoms with Gasteiger partial charge in [0.25, 0.3) is 0 Å². The van der Waals surface area contributed by atoms with Gasteiger partial charge in [-0.3, -0.25) is 0 Å². The number of pyridine rings is 1. The molecule has 2 aromatic carbocycles. The van der Waals surface area contributed by atoms with Crippen LogP contribution in [0.4, 0.5) is 16.3 Å². The van der Waals surface area contributed by atoms with E-state index in [2.05, 4.69) is 25.2 Å². The van der Waals surface area contributed by atoms with Crippen LogP contribution in [0.5, 0.6) is 0 Å². The molecule has 8 heteroatoms. The number of anilines is 2. The number of hydrogen-bond acceptors (Lipinski definition) is 5. The second kappa shape index (κ2) is 9.44. The summed E-state index contributed by atoms with van der Waals surface area (Å²) in [5.41, 5.74) is 10.4. The van der Waals surface area contributed by atoms with Gasteiger partial charge in [-0.25, -0.2) is 14.8 Å². The minimum absolute atomic E-state index is 0.221. The molecule has 8 nitrogen and oxygen atoms in total. The van der Waals surface area contributed by atoms with Gasteiger partial charge < -0.3 is 25.7 Å². The Balaban J connectivity index is 1.32. The fraction of sp³-hybridized carbons (Fsp3) is 0.261. The normalized spacial score (nSPS) is 11.1. The van der Waals surface area contributed by atoms with Gasteiger partial charge in [0.2, 0.25) is 0 Å². The van der Waals surface area contributed by atoms with Crippen molar-refractivity contribution in [1.82, 2.24) is 19.9 Å². The van der Waals surface area contributed by atoms with Gasteiger partial charge in [-0.1, -0.05) is 36.4 Å². The summed E-state index contributed by atoms with van der Waals surface area (Å²) < 4.78 is 7.28. The van der Waals surface area contributed by atoms with Gasteiger partial charge in [-0.15, -0.1) is 0 Å². The molecule has 0 radical (unpaired) electrons. The molecule has 31 heavy (non-hydrogen) atoms. The van der Waals surface area contributed by atoms with Crippen LogP contribution < -0.4 is 16.4 Å². The number of aromatic nitrogens is 3. The highest BCUT2D eigenvalue weighted by Gasteiger charge is 2.12. The van der Waals surface area contributed by atoms with Crippen LogP contribution >= 0.6 is 0 Å². The zero-order valence-electron chi connectivity index (χ0n) is 17.5. The standard InChI is InChI=1S/C23H26N6O2/c1-31-14-16-8-2-4-10-18(16)28-23(30)25-12-6-7-13-29-15-26-20-21(29)17-9-3-5-11-19(17)27-22(20)24/h2-5,8-11,15H,6-7,12-14H2,1H3,(H2,24,27)(H2,25,28,30). The SMILES string of the molecule is COCc1ccccc1NC(=O)NCCCCn1cnc2c(N)nc3ccccc3c21. The molecule has 0 aliphatic rings. The van der Waals surface area contributed by atoms with Crippen LogP contribution in [-0.4, -0.2) is 34.2 Å². The van der Waals surface area contributed by atoms with Crippen molar-refractivity contribution in [1.29, 1.82) is 0 Å². The first-order valence-electron chi connectivity index (χ1n) is 10.3. The van der Waals surface area contributed by atoms with E-state index in [4.69, 9.17) is 10.5 Å². The zero-order chi connectivity index (χ0) is 21.6. The molecular formula is C23H26N6O2. The lowest BCUT2D eigenvalue weighted by Crippen LogP contribution is -2.30. The fourth-order valence-corrected chi connectivity index (χ4v) is 3.67.